The van der Waals surface area contributed by atoms with E-state index in [9.17, 15) is 4.79 Å². The van der Waals surface area contributed by atoms with Crippen LogP contribution in [-0.4, -0.2) is 23.6 Å². The third-order valence-electron chi connectivity index (χ3n) is 3.10. The average molecular weight is 400 g/mol. The van der Waals surface area contributed by atoms with Crippen LogP contribution >= 0.6 is 33.9 Å². The topological polar surface area (TPSA) is 51.2 Å². The molecule has 1 N–H and O–H groups in total. The van der Waals surface area contributed by atoms with Gasteiger partial charge in [-0.1, -0.05) is 12.1 Å². The molecule has 2 heterocycles. The Balaban J connectivity index is 1.70. The Kier molecular flexibility index (Phi) is 4.32. The second kappa shape index (κ2) is 6.19. The number of nitrogens with one attached hydrogen (secondary N) is 1. The third-order valence-corrected chi connectivity index (χ3v) is 4.57. The number of amides is 1. The number of anilines is 1. The van der Waals surface area contributed by atoms with Gasteiger partial charge in [0.25, 0.3) is 5.91 Å². The van der Waals surface area contributed by atoms with Crippen LogP contribution in [0, 0.1) is 3.57 Å². The SMILES string of the molecule is O=C(Nc1nc(-c2ccc(I)cc2)cs1)C1CCCO1. The Hall–Kier alpha value is -0.990. The Labute approximate surface area is 134 Å². The van der Waals surface area contributed by atoms with Crippen LogP contribution in [0.15, 0.2) is 29.6 Å². The van der Waals surface area contributed by atoms with E-state index in [0.29, 0.717) is 11.7 Å². The molecular weight excluding hydrogens is 387 g/mol. The number of aromatic nitrogens is 1. The maximum atomic E-state index is 11.9. The van der Waals surface area contributed by atoms with Crippen molar-refractivity contribution in [1.82, 2.24) is 4.98 Å². The number of carbonyl (C=O) groups is 1. The smallest absolute Gasteiger partial charge is 0.255 e. The van der Waals surface area contributed by atoms with Crippen molar-refractivity contribution in [3.8, 4) is 11.3 Å². The zero-order chi connectivity index (χ0) is 13.9. The summed E-state index contributed by atoms with van der Waals surface area (Å²) in [5, 5.41) is 5.40. The van der Waals surface area contributed by atoms with E-state index in [0.717, 1.165) is 24.1 Å². The van der Waals surface area contributed by atoms with Crippen molar-refractivity contribution in [2.75, 3.05) is 11.9 Å². The standard InChI is InChI=1S/C14H13IN2O2S/c15-10-5-3-9(4-6-10)11-8-20-14(16-11)17-13(18)12-2-1-7-19-12/h3-6,8,12H,1-2,7H2,(H,16,17,18). The van der Waals surface area contributed by atoms with E-state index in [1.807, 2.05) is 29.6 Å². The summed E-state index contributed by atoms with van der Waals surface area (Å²) >= 11 is 3.71. The summed E-state index contributed by atoms with van der Waals surface area (Å²) in [7, 11) is 0. The molecule has 1 saturated heterocycles. The van der Waals surface area contributed by atoms with Crippen molar-refractivity contribution in [1.29, 1.82) is 0 Å². The van der Waals surface area contributed by atoms with Gasteiger partial charge in [-0.3, -0.25) is 10.1 Å². The summed E-state index contributed by atoms with van der Waals surface area (Å²) in [5.74, 6) is -0.0917. The number of hydrogen-bond acceptors (Lipinski definition) is 4. The van der Waals surface area contributed by atoms with E-state index in [-0.39, 0.29) is 12.0 Å². The molecule has 20 heavy (non-hydrogen) atoms. The summed E-state index contributed by atoms with van der Waals surface area (Å²) < 4.78 is 6.54. The van der Waals surface area contributed by atoms with Gasteiger partial charge in [0.2, 0.25) is 0 Å². The lowest BCUT2D eigenvalue weighted by Crippen LogP contribution is -2.26. The minimum Gasteiger partial charge on any atom is -0.368 e. The van der Waals surface area contributed by atoms with E-state index in [4.69, 9.17) is 4.74 Å². The first kappa shape index (κ1) is 14.0. The van der Waals surface area contributed by atoms with Crippen molar-refractivity contribution in [2.45, 2.75) is 18.9 Å². The van der Waals surface area contributed by atoms with Crippen LogP contribution in [0.25, 0.3) is 11.3 Å². The van der Waals surface area contributed by atoms with E-state index in [1.165, 1.54) is 14.9 Å². The van der Waals surface area contributed by atoms with Crippen molar-refractivity contribution in [2.24, 2.45) is 0 Å². The zero-order valence-electron chi connectivity index (χ0n) is 10.6. The second-order valence-electron chi connectivity index (χ2n) is 4.54. The zero-order valence-corrected chi connectivity index (χ0v) is 13.6. The molecule has 0 aliphatic carbocycles. The lowest BCUT2D eigenvalue weighted by atomic mass is 10.2. The molecule has 6 heteroatoms. The molecule has 2 aromatic rings. The van der Waals surface area contributed by atoms with Gasteiger partial charge in [0.05, 0.1) is 5.69 Å². The molecule has 1 atom stereocenters. The van der Waals surface area contributed by atoms with Crippen LogP contribution < -0.4 is 5.32 Å². The molecule has 1 aliphatic heterocycles. The summed E-state index contributed by atoms with van der Waals surface area (Å²) in [6.07, 6.45) is 1.42. The molecule has 1 aliphatic rings. The number of hydrogen-bond donors (Lipinski definition) is 1. The van der Waals surface area contributed by atoms with Crippen LogP contribution in [0.2, 0.25) is 0 Å². The van der Waals surface area contributed by atoms with Gasteiger partial charge < -0.3 is 4.74 Å². The van der Waals surface area contributed by atoms with Gasteiger partial charge in [-0.2, -0.15) is 0 Å². The summed E-state index contributed by atoms with van der Waals surface area (Å²) in [4.78, 5) is 16.4. The van der Waals surface area contributed by atoms with Crippen molar-refractivity contribution >= 4 is 45.0 Å². The minimum atomic E-state index is -0.319. The molecule has 3 rings (SSSR count). The van der Waals surface area contributed by atoms with Crippen LogP contribution in [0.5, 0.6) is 0 Å². The number of ether oxygens (including phenoxy) is 1. The fourth-order valence-corrected chi connectivity index (χ4v) is 3.14. The second-order valence-corrected chi connectivity index (χ2v) is 6.64. The molecule has 1 fully saturated rings. The number of thiazole rings is 1. The number of halogens is 1. The predicted octanol–water partition coefficient (Wildman–Crippen LogP) is 3.53. The number of carbonyl (C=O) groups excluding carboxylic acids is 1. The fraction of sp³-hybridized carbons (Fsp3) is 0.286. The van der Waals surface area contributed by atoms with Gasteiger partial charge in [-0.25, -0.2) is 4.98 Å². The van der Waals surface area contributed by atoms with E-state index in [1.54, 1.807) is 0 Å². The molecule has 0 bridgehead atoms. The number of benzene rings is 1. The summed E-state index contributed by atoms with van der Waals surface area (Å²) in [5.41, 5.74) is 1.94. The highest BCUT2D eigenvalue weighted by atomic mass is 127. The molecule has 1 aromatic carbocycles. The maximum Gasteiger partial charge on any atom is 0.255 e. The van der Waals surface area contributed by atoms with Gasteiger partial charge >= 0.3 is 0 Å². The largest absolute Gasteiger partial charge is 0.368 e. The lowest BCUT2D eigenvalue weighted by molar-refractivity contribution is -0.124. The van der Waals surface area contributed by atoms with Gasteiger partial charge in [-0.05, 0) is 47.6 Å². The van der Waals surface area contributed by atoms with Gasteiger partial charge in [0.15, 0.2) is 5.13 Å². The minimum absolute atomic E-state index is 0.0917. The normalized spacial score (nSPS) is 18.1. The van der Waals surface area contributed by atoms with E-state index in [2.05, 4.69) is 32.9 Å². The molecule has 1 aromatic heterocycles. The van der Waals surface area contributed by atoms with Crippen LogP contribution in [0.4, 0.5) is 5.13 Å². The van der Waals surface area contributed by atoms with Crippen LogP contribution in [0.1, 0.15) is 12.8 Å². The molecule has 1 amide bonds. The lowest BCUT2D eigenvalue weighted by Gasteiger charge is -2.07. The number of nitrogens with zero attached hydrogens (tertiary/aromatic N) is 1. The predicted molar refractivity (Wildman–Crippen MR) is 87.9 cm³/mol. The summed E-state index contributed by atoms with van der Waals surface area (Å²) in [6, 6.07) is 8.14. The summed E-state index contributed by atoms with van der Waals surface area (Å²) in [6.45, 7) is 0.670. The third kappa shape index (κ3) is 3.18. The van der Waals surface area contributed by atoms with E-state index >= 15 is 0 Å². The highest BCUT2D eigenvalue weighted by Gasteiger charge is 2.24. The molecule has 4 nitrogen and oxygen atoms in total. The first-order valence-electron chi connectivity index (χ1n) is 6.36. The Morgan fingerprint density at radius 3 is 2.90 bits per heavy atom. The number of rotatable bonds is 3. The van der Waals surface area contributed by atoms with Crippen LogP contribution in [-0.2, 0) is 9.53 Å². The Morgan fingerprint density at radius 2 is 2.20 bits per heavy atom. The van der Waals surface area contributed by atoms with Crippen molar-refractivity contribution in [3.05, 3.63) is 33.2 Å². The quantitative estimate of drug-likeness (QED) is 0.803. The van der Waals surface area contributed by atoms with Crippen molar-refractivity contribution in [3.63, 3.8) is 0 Å². The fourth-order valence-electron chi connectivity index (χ4n) is 2.05. The highest BCUT2D eigenvalue weighted by molar-refractivity contribution is 14.1. The molecular formula is C14H13IN2O2S. The van der Waals surface area contributed by atoms with Gasteiger partial charge in [0.1, 0.15) is 6.10 Å². The highest BCUT2D eigenvalue weighted by Crippen LogP contribution is 2.26. The maximum absolute atomic E-state index is 11.9. The van der Waals surface area contributed by atoms with Crippen LogP contribution in [0.3, 0.4) is 0 Å². The Bertz CT molecular complexity index is 606. The molecule has 0 saturated carbocycles. The molecule has 0 spiro atoms. The first-order valence-corrected chi connectivity index (χ1v) is 8.32. The Morgan fingerprint density at radius 1 is 1.40 bits per heavy atom. The van der Waals surface area contributed by atoms with E-state index < -0.39 is 0 Å². The van der Waals surface area contributed by atoms with Gasteiger partial charge in [-0.15, -0.1) is 11.3 Å². The monoisotopic (exact) mass is 400 g/mol. The van der Waals surface area contributed by atoms with Gasteiger partial charge in [0, 0.05) is 21.1 Å². The average Bonchev–Trinajstić information content (AvgIpc) is 3.10. The molecule has 104 valence electrons. The first-order chi connectivity index (χ1) is 9.72. The molecule has 1 unspecified atom stereocenters. The molecule has 0 radical (unpaired) electrons. The van der Waals surface area contributed by atoms with Crippen molar-refractivity contribution < 1.29 is 9.53 Å².